The fraction of sp³-hybridized carbons (Fsp3) is 0.333. The molecule has 1 aliphatic heterocycles. The maximum Gasteiger partial charge on any atom is 0.307 e. The van der Waals surface area contributed by atoms with E-state index in [1.54, 1.807) is 18.5 Å². The summed E-state index contributed by atoms with van der Waals surface area (Å²) in [4.78, 5) is 17.1. The monoisotopic (exact) mass is 314 g/mol. The summed E-state index contributed by atoms with van der Waals surface area (Å²) in [6.45, 7) is 1.75. The van der Waals surface area contributed by atoms with Crippen LogP contribution in [0.15, 0.2) is 42.7 Å². The van der Waals surface area contributed by atoms with Crippen LogP contribution in [0.25, 0.3) is 11.1 Å². The summed E-state index contributed by atoms with van der Waals surface area (Å²) in [5, 5.41) is 9.13. The number of piperidine rings is 1. The highest BCUT2D eigenvalue weighted by atomic mass is 19.1. The lowest BCUT2D eigenvalue weighted by molar-refractivity contribution is -0.143. The first-order valence-electron chi connectivity index (χ1n) is 7.77. The number of aliphatic carboxylic acids is 1. The van der Waals surface area contributed by atoms with Crippen molar-refractivity contribution < 1.29 is 14.3 Å². The van der Waals surface area contributed by atoms with Crippen molar-refractivity contribution in [3.05, 3.63) is 54.1 Å². The maximum absolute atomic E-state index is 14.4. The molecule has 0 bridgehead atoms. The highest BCUT2D eigenvalue weighted by Crippen LogP contribution is 2.24. The smallest absolute Gasteiger partial charge is 0.307 e. The van der Waals surface area contributed by atoms with E-state index >= 15 is 0 Å². The predicted molar refractivity (Wildman–Crippen MR) is 85.3 cm³/mol. The van der Waals surface area contributed by atoms with Crippen molar-refractivity contribution in [1.82, 2.24) is 9.88 Å². The van der Waals surface area contributed by atoms with Crippen LogP contribution in [-0.2, 0) is 11.3 Å². The van der Waals surface area contributed by atoms with Gasteiger partial charge < -0.3 is 5.11 Å². The Hall–Kier alpha value is -2.27. The van der Waals surface area contributed by atoms with Crippen LogP contribution in [-0.4, -0.2) is 34.0 Å². The zero-order valence-electron chi connectivity index (χ0n) is 12.8. The molecule has 1 aliphatic rings. The van der Waals surface area contributed by atoms with Gasteiger partial charge in [-0.1, -0.05) is 12.1 Å². The molecule has 0 spiro atoms. The number of benzene rings is 1. The molecule has 1 N–H and O–H groups in total. The van der Waals surface area contributed by atoms with Gasteiger partial charge in [0.1, 0.15) is 5.82 Å². The number of carboxylic acid groups (broad SMARTS) is 1. The van der Waals surface area contributed by atoms with E-state index in [0.717, 1.165) is 24.1 Å². The Morgan fingerprint density at radius 3 is 2.74 bits per heavy atom. The van der Waals surface area contributed by atoms with Crippen molar-refractivity contribution in [2.75, 3.05) is 13.1 Å². The summed E-state index contributed by atoms with van der Waals surface area (Å²) in [5.41, 5.74) is 2.35. The highest BCUT2D eigenvalue weighted by Gasteiger charge is 2.25. The SMILES string of the molecule is O=C(O)C1CCCN(Cc2ccc(-c3ccncc3)cc2F)C1. The normalized spacial score (nSPS) is 18.7. The quantitative estimate of drug-likeness (QED) is 0.941. The van der Waals surface area contributed by atoms with E-state index < -0.39 is 5.97 Å². The Kier molecular flexibility index (Phi) is 4.67. The van der Waals surface area contributed by atoms with E-state index in [9.17, 15) is 9.18 Å². The summed E-state index contributed by atoms with van der Waals surface area (Å²) in [5.74, 6) is -1.36. The number of carbonyl (C=O) groups is 1. The predicted octanol–water partition coefficient (Wildman–Crippen LogP) is 3.18. The van der Waals surface area contributed by atoms with Gasteiger partial charge in [0.25, 0.3) is 0 Å². The van der Waals surface area contributed by atoms with E-state index in [4.69, 9.17) is 5.11 Å². The molecule has 3 rings (SSSR count). The lowest BCUT2D eigenvalue weighted by Crippen LogP contribution is -2.38. The lowest BCUT2D eigenvalue weighted by Gasteiger charge is -2.30. The number of aromatic nitrogens is 1. The Balaban J connectivity index is 1.73. The van der Waals surface area contributed by atoms with Crippen LogP contribution in [0.4, 0.5) is 4.39 Å². The minimum Gasteiger partial charge on any atom is -0.481 e. The molecule has 1 aromatic carbocycles. The first-order valence-corrected chi connectivity index (χ1v) is 7.77. The third kappa shape index (κ3) is 3.74. The number of likely N-dealkylation sites (tertiary alicyclic amines) is 1. The number of nitrogens with zero attached hydrogens (tertiary/aromatic N) is 2. The van der Waals surface area contributed by atoms with Crippen LogP contribution in [0.3, 0.4) is 0 Å². The fourth-order valence-electron chi connectivity index (χ4n) is 3.04. The van der Waals surface area contributed by atoms with Crippen molar-refractivity contribution in [2.24, 2.45) is 5.92 Å². The van der Waals surface area contributed by atoms with Gasteiger partial charge in [-0.25, -0.2) is 4.39 Å². The number of halogens is 1. The van der Waals surface area contributed by atoms with E-state index in [2.05, 4.69) is 4.98 Å². The number of carboxylic acids is 1. The van der Waals surface area contributed by atoms with Gasteiger partial charge in [0, 0.05) is 31.0 Å². The average Bonchev–Trinajstić information content (AvgIpc) is 2.58. The number of hydrogen-bond acceptors (Lipinski definition) is 3. The van der Waals surface area contributed by atoms with Gasteiger partial charge in [0.15, 0.2) is 0 Å². The number of pyridine rings is 1. The van der Waals surface area contributed by atoms with Crippen LogP contribution in [0.1, 0.15) is 18.4 Å². The Bertz CT molecular complexity index is 691. The molecule has 0 saturated carbocycles. The summed E-state index contributed by atoms with van der Waals surface area (Å²) in [7, 11) is 0. The lowest BCUT2D eigenvalue weighted by atomic mass is 9.97. The van der Waals surface area contributed by atoms with Crippen LogP contribution < -0.4 is 0 Å². The third-order valence-corrected chi connectivity index (χ3v) is 4.32. The summed E-state index contributed by atoms with van der Waals surface area (Å²) < 4.78 is 14.4. The summed E-state index contributed by atoms with van der Waals surface area (Å²) in [6, 6.07) is 8.90. The van der Waals surface area contributed by atoms with Gasteiger partial charge in [0.2, 0.25) is 0 Å². The zero-order chi connectivity index (χ0) is 16.2. The Morgan fingerprint density at radius 2 is 2.04 bits per heavy atom. The molecule has 0 aliphatic carbocycles. The van der Waals surface area contributed by atoms with Gasteiger partial charge >= 0.3 is 5.97 Å². The van der Waals surface area contributed by atoms with E-state index in [0.29, 0.717) is 25.1 Å². The maximum atomic E-state index is 14.4. The van der Waals surface area contributed by atoms with E-state index in [1.807, 2.05) is 23.1 Å². The molecule has 1 saturated heterocycles. The minimum absolute atomic E-state index is 0.253. The van der Waals surface area contributed by atoms with Crippen LogP contribution >= 0.6 is 0 Å². The molecule has 120 valence electrons. The van der Waals surface area contributed by atoms with E-state index in [1.165, 1.54) is 6.07 Å². The first-order chi connectivity index (χ1) is 11.1. The molecule has 4 nitrogen and oxygen atoms in total. The molecule has 1 aromatic heterocycles. The zero-order valence-corrected chi connectivity index (χ0v) is 12.8. The molecular weight excluding hydrogens is 295 g/mol. The Morgan fingerprint density at radius 1 is 1.26 bits per heavy atom. The Labute approximate surface area is 134 Å². The van der Waals surface area contributed by atoms with Gasteiger partial charge in [0.05, 0.1) is 5.92 Å². The average molecular weight is 314 g/mol. The molecule has 1 unspecified atom stereocenters. The molecule has 2 heterocycles. The minimum atomic E-state index is -0.761. The molecular formula is C18H19FN2O2. The summed E-state index contributed by atoms with van der Waals surface area (Å²) in [6.07, 6.45) is 4.91. The van der Waals surface area contributed by atoms with Crippen LogP contribution in [0.5, 0.6) is 0 Å². The summed E-state index contributed by atoms with van der Waals surface area (Å²) >= 11 is 0. The van der Waals surface area contributed by atoms with Crippen molar-refractivity contribution >= 4 is 5.97 Å². The molecule has 2 aromatic rings. The van der Waals surface area contributed by atoms with Gasteiger partial charge in [-0.15, -0.1) is 0 Å². The highest BCUT2D eigenvalue weighted by molar-refractivity contribution is 5.70. The standard InChI is InChI=1S/C18H19FN2O2/c19-17-10-14(13-5-7-20-8-6-13)3-4-15(17)11-21-9-1-2-16(12-21)18(22)23/h3-8,10,16H,1-2,9,11-12H2,(H,22,23). The van der Waals surface area contributed by atoms with E-state index in [-0.39, 0.29) is 11.7 Å². The van der Waals surface area contributed by atoms with Crippen molar-refractivity contribution in [2.45, 2.75) is 19.4 Å². The van der Waals surface area contributed by atoms with Crippen molar-refractivity contribution in [3.8, 4) is 11.1 Å². The molecule has 0 amide bonds. The van der Waals surface area contributed by atoms with Gasteiger partial charge in [-0.05, 0) is 48.7 Å². The largest absolute Gasteiger partial charge is 0.481 e. The fourth-order valence-corrected chi connectivity index (χ4v) is 3.04. The molecule has 1 atom stereocenters. The second-order valence-corrected chi connectivity index (χ2v) is 5.95. The third-order valence-electron chi connectivity index (χ3n) is 4.32. The van der Waals surface area contributed by atoms with Crippen LogP contribution in [0, 0.1) is 11.7 Å². The van der Waals surface area contributed by atoms with Crippen LogP contribution in [0.2, 0.25) is 0 Å². The van der Waals surface area contributed by atoms with Crippen molar-refractivity contribution in [1.29, 1.82) is 0 Å². The molecule has 0 radical (unpaired) electrons. The molecule has 5 heteroatoms. The number of hydrogen-bond donors (Lipinski definition) is 1. The second-order valence-electron chi connectivity index (χ2n) is 5.95. The van der Waals surface area contributed by atoms with Gasteiger partial charge in [-0.2, -0.15) is 0 Å². The molecule has 23 heavy (non-hydrogen) atoms. The van der Waals surface area contributed by atoms with Crippen molar-refractivity contribution in [3.63, 3.8) is 0 Å². The first kappa shape index (κ1) is 15.6. The molecule has 1 fully saturated rings. The second kappa shape index (κ2) is 6.87. The van der Waals surface area contributed by atoms with Gasteiger partial charge in [-0.3, -0.25) is 14.7 Å². The topological polar surface area (TPSA) is 53.4 Å². The number of rotatable bonds is 4.